The van der Waals surface area contributed by atoms with Crippen LogP contribution in [-0.2, 0) is 0 Å². The van der Waals surface area contributed by atoms with Crippen molar-refractivity contribution in [3.05, 3.63) is 71.2 Å². The van der Waals surface area contributed by atoms with Gasteiger partial charge in [0.1, 0.15) is 11.5 Å². The second-order valence-electron chi connectivity index (χ2n) is 7.23. The van der Waals surface area contributed by atoms with E-state index in [1.54, 1.807) is 22.9 Å². The number of rotatable bonds is 5. The second kappa shape index (κ2) is 7.74. The molecule has 0 spiro atoms. The van der Waals surface area contributed by atoms with E-state index in [1.165, 1.54) is 12.1 Å². The van der Waals surface area contributed by atoms with Gasteiger partial charge < -0.3 is 5.32 Å². The summed E-state index contributed by atoms with van der Waals surface area (Å²) in [6.07, 6.45) is 0. The molecule has 0 saturated carbocycles. The Labute approximate surface area is 159 Å². The van der Waals surface area contributed by atoms with Crippen molar-refractivity contribution in [2.45, 2.75) is 27.7 Å². The van der Waals surface area contributed by atoms with Gasteiger partial charge in [-0.2, -0.15) is 5.10 Å². The van der Waals surface area contributed by atoms with E-state index in [0.29, 0.717) is 23.9 Å². The van der Waals surface area contributed by atoms with Crippen molar-refractivity contribution in [2.24, 2.45) is 5.92 Å². The average Bonchev–Trinajstić information content (AvgIpc) is 3.07. The fraction of sp³-hybridized carbons (Fsp3) is 0.273. The molecular weight excluding hydrogens is 341 g/mol. The number of hydrogen-bond acceptors (Lipinski definition) is 2. The summed E-state index contributed by atoms with van der Waals surface area (Å²) < 4.78 is 14.9. The van der Waals surface area contributed by atoms with E-state index >= 15 is 0 Å². The first-order valence-electron chi connectivity index (χ1n) is 9.07. The molecule has 0 bridgehead atoms. The number of nitrogens with one attached hydrogen (secondary N) is 1. The maximum Gasteiger partial charge on any atom is 0.270 e. The molecule has 0 aliphatic rings. The predicted molar refractivity (Wildman–Crippen MR) is 106 cm³/mol. The van der Waals surface area contributed by atoms with Crippen LogP contribution < -0.4 is 5.32 Å². The summed E-state index contributed by atoms with van der Waals surface area (Å²) in [7, 11) is 0. The fourth-order valence-electron chi connectivity index (χ4n) is 2.82. The highest BCUT2D eigenvalue weighted by molar-refractivity contribution is 5.94. The number of halogens is 1. The van der Waals surface area contributed by atoms with Gasteiger partial charge in [-0.3, -0.25) is 4.79 Å². The van der Waals surface area contributed by atoms with Crippen LogP contribution in [0.5, 0.6) is 0 Å². The summed E-state index contributed by atoms with van der Waals surface area (Å²) >= 11 is 0. The Morgan fingerprint density at radius 1 is 1.11 bits per heavy atom. The topological polar surface area (TPSA) is 46.9 Å². The Morgan fingerprint density at radius 2 is 1.81 bits per heavy atom. The molecule has 3 rings (SSSR count). The van der Waals surface area contributed by atoms with Crippen LogP contribution in [0, 0.1) is 25.6 Å². The first-order valence-corrected chi connectivity index (χ1v) is 9.07. The van der Waals surface area contributed by atoms with Crippen molar-refractivity contribution in [1.29, 1.82) is 0 Å². The maximum atomic E-state index is 13.3. The average molecular weight is 365 g/mol. The number of benzene rings is 2. The fourth-order valence-corrected chi connectivity index (χ4v) is 2.82. The van der Waals surface area contributed by atoms with Crippen LogP contribution in [0.15, 0.2) is 48.5 Å². The number of aryl methyl sites for hydroxylation is 2. The summed E-state index contributed by atoms with van der Waals surface area (Å²) in [5.74, 6) is -0.129. The van der Waals surface area contributed by atoms with Gasteiger partial charge in [-0.05, 0) is 67.3 Å². The van der Waals surface area contributed by atoms with E-state index in [2.05, 4.69) is 10.4 Å². The Morgan fingerprint density at radius 3 is 2.48 bits per heavy atom. The Kier molecular flexibility index (Phi) is 5.40. The molecule has 2 aromatic carbocycles. The minimum absolute atomic E-state index is 0.175. The maximum absolute atomic E-state index is 13.3. The lowest BCUT2D eigenvalue weighted by Crippen LogP contribution is -2.29. The molecule has 0 atom stereocenters. The molecule has 140 valence electrons. The molecule has 1 heterocycles. The van der Waals surface area contributed by atoms with Crippen molar-refractivity contribution < 1.29 is 9.18 Å². The minimum Gasteiger partial charge on any atom is -0.350 e. The Bertz CT molecular complexity index is 958. The summed E-state index contributed by atoms with van der Waals surface area (Å²) in [6, 6.07) is 13.9. The van der Waals surface area contributed by atoms with Gasteiger partial charge in [0.2, 0.25) is 0 Å². The van der Waals surface area contributed by atoms with Gasteiger partial charge in [0, 0.05) is 12.1 Å². The zero-order valence-electron chi connectivity index (χ0n) is 16.1. The number of carbonyl (C=O) groups excluding carboxylic acids is 1. The van der Waals surface area contributed by atoms with Crippen molar-refractivity contribution in [3.63, 3.8) is 0 Å². The van der Waals surface area contributed by atoms with E-state index in [1.807, 2.05) is 45.9 Å². The number of amides is 1. The molecule has 0 aliphatic heterocycles. The molecule has 0 unspecified atom stereocenters. The zero-order chi connectivity index (χ0) is 19.6. The van der Waals surface area contributed by atoms with Gasteiger partial charge in [0.15, 0.2) is 0 Å². The normalized spacial score (nSPS) is 11.0. The van der Waals surface area contributed by atoms with Gasteiger partial charge in [0.05, 0.1) is 11.4 Å². The molecule has 0 aliphatic carbocycles. The molecular formula is C22H24FN3O. The highest BCUT2D eigenvalue weighted by atomic mass is 19.1. The minimum atomic E-state index is -0.303. The van der Waals surface area contributed by atoms with Crippen LogP contribution in [0.1, 0.15) is 35.5 Å². The molecule has 5 heteroatoms. The lowest BCUT2D eigenvalue weighted by molar-refractivity contribution is 0.0941. The standard InChI is InChI=1S/C22H24FN3O/c1-14(2)13-24-22(27)21-12-19(17-7-9-18(23)10-8-17)25-26(21)20-11-15(3)5-6-16(20)4/h5-12,14H,13H2,1-4H3,(H,24,27). The third-order valence-corrected chi connectivity index (χ3v) is 4.35. The van der Waals surface area contributed by atoms with Crippen molar-refractivity contribution >= 4 is 5.91 Å². The third kappa shape index (κ3) is 4.25. The molecule has 0 saturated heterocycles. The molecule has 0 fully saturated rings. The Hall–Kier alpha value is -2.95. The highest BCUT2D eigenvalue weighted by Crippen LogP contribution is 2.24. The molecule has 4 nitrogen and oxygen atoms in total. The van der Waals surface area contributed by atoms with E-state index < -0.39 is 0 Å². The third-order valence-electron chi connectivity index (χ3n) is 4.35. The van der Waals surface area contributed by atoms with Gasteiger partial charge in [-0.25, -0.2) is 9.07 Å². The summed E-state index contributed by atoms with van der Waals surface area (Å²) in [4.78, 5) is 12.8. The van der Waals surface area contributed by atoms with Crippen LogP contribution in [0.25, 0.3) is 16.9 Å². The van der Waals surface area contributed by atoms with Gasteiger partial charge >= 0.3 is 0 Å². The summed E-state index contributed by atoms with van der Waals surface area (Å²) in [5, 5.41) is 7.62. The smallest absolute Gasteiger partial charge is 0.270 e. The number of carbonyl (C=O) groups is 1. The molecule has 1 N–H and O–H groups in total. The molecule has 1 aromatic heterocycles. The predicted octanol–water partition coefficient (Wildman–Crippen LogP) is 4.68. The summed E-state index contributed by atoms with van der Waals surface area (Å²) in [5.41, 5.74) is 4.82. The van der Waals surface area contributed by atoms with Crippen LogP contribution in [-0.4, -0.2) is 22.2 Å². The van der Waals surface area contributed by atoms with Crippen LogP contribution in [0.2, 0.25) is 0 Å². The lowest BCUT2D eigenvalue weighted by atomic mass is 10.1. The van der Waals surface area contributed by atoms with Crippen LogP contribution >= 0.6 is 0 Å². The van der Waals surface area contributed by atoms with Crippen molar-refractivity contribution in [2.75, 3.05) is 6.54 Å². The van der Waals surface area contributed by atoms with Gasteiger partial charge in [0.25, 0.3) is 5.91 Å². The van der Waals surface area contributed by atoms with Crippen LogP contribution in [0.3, 0.4) is 0 Å². The van der Waals surface area contributed by atoms with Crippen LogP contribution in [0.4, 0.5) is 4.39 Å². The molecule has 3 aromatic rings. The quantitative estimate of drug-likeness (QED) is 0.713. The summed E-state index contributed by atoms with van der Waals surface area (Å²) in [6.45, 7) is 8.68. The Balaban J connectivity index is 2.10. The second-order valence-corrected chi connectivity index (χ2v) is 7.23. The van der Waals surface area contributed by atoms with Gasteiger partial charge in [-0.15, -0.1) is 0 Å². The zero-order valence-corrected chi connectivity index (χ0v) is 16.1. The largest absolute Gasteiger partial charge is 0.350 e. The van der Waals surface area contributed by atoms with E-state index in [4.69, 9.17) is 0 Å². The SMILES string of the molecule is Cc1ccc(C)c(-n2nc(-c3ccc(F)cc3)cc2C(=O)NCC(C)C)c1. The number of aromatic nitrogens is 2. The first-order chi connectivity index (χ1) is 12.8. The van der Waals surface area contributed by atoms with Gasteiger partial charge in [-0.1, -0.05) is 26.0 Å². The van der Waals surface area contributed by atoms with E-state index in [0.717, 1.165) is 22.4 Å². The molecule has 1 amide bonds. The number of nitrogens with zero attached hydrogens (tertiary/aromatic N) is 2. The van der Waals surface area contributed by atoms with E-state index in [-0.39, 0.29) is 11.7 Å². The first kappa shape index (κ1) is 18.8. The van der Waals surface area contributed by atoms with Crippen molar-refractivity contribution in [3.8, 4) is 16.9 Å². The number of hydrogen-bond donors (Lipinski definition) is 1. The molecule has 0 radical (unpaired) electrons. The highest BCUT2D eigenvalue weighted by Gasteiger charge is 2.19. The monoisotopic (exact) mass is 365 g/mol. The van der Waals surface area contributed by atoms with E-state index in [9.17, 15) is 9.18 Å². The lowest BCUT2D eigenvalue weighted by Gasteiger charge is -2.12. The van der Waals surface area contributed by atoms with Crippen molar-refractivity contribution in [1.82, 2.24) is 15.1 Å². The molecule has 27 heavy (non-hydrogen) atoms.